The highest BCUT2D eigenvalue weighted by atomic mass is 15.0. The molecule has 0 aliphatic carbocycles. The molecule has 3 rings (SSSR count). The fourth-order valence-corrected chi connectivity index (χ4v) is 3.01. The smallest absolute Gasteiger partial charge is 0.0677 e. The molecule has 2 aromatic heterocycles. The summed E-state index contributed by atoms with van der Waals surface area (Å²) in [6.07, 6.45) is 10.5. The van der Waals surface area contributed by atoms with E-state index >= 15 is 0 Å². The van der Waals surface area contributed by atoms with Gasteiger partial charge in [0.25, 0.3) is 0 Å². The van der Waals surface area contributed by atoms with Gasteiger partial charge in [-0.1, -0.05) is 50.8 Å². The summed E-state index contributed by atoms with van der Waals surface area (Å²) in [5.41, 5.74) is 2.61. The number of fused-ring (bicyclic) bond motifs is 3. The van der Waals surface area contributed by atoms with E-state index in [-0.39, 0.29) is 0 Å². The number of hydrogen-bond donors (Lipinski definition) is 0. The topological polar surface area (TPSA) is 17.8 Å². The molecule has 0 unspecified atom stereocenters. The first-order valence-electron chi connectivity index (χ1n) is 7.72. The van der Waals surface area contributed by atoms with Crippen LogP contribution in [0.1, 0.15) is 39.0 Å². The molecule has 0 bridgehead atoms. The molecule has 2 heterocycles. The second-order valence-corrected chi connectivity index (χ2v) is 5.48. The Morgan fingerprint density at radius 2 is 1.70 bits per heavy atom. The molecule has 2 heteroatoms. The summed E-state index contributed by atoms with van der Waals surface area (Å²) < 4.78 is 2.43. The summed E-state index contributed by atoms with van der Waals surface area (Å²) in [6.45, 7) is 3.36. The van der Waals surface area contributed by atoms with Crippen molar-refractivity contribution in [2.24, 2.45) is 0 Å². The van der Waals surface area contributed by atoms with Gasteiger partial charge in [0.15, 0.2) is 0 Å². The third-order valence-electron chi connectivity index (χ3n) is 4.06. The monoisotopic (exact) mass is 266 g/mol. The highest BCUT2D eigenvalue weighted by molar-refractivity contribution is 6.07. The van der Waals surface area contributed by atoms with Crippen LogP contribution >= 0.6 is 0 Å². The first-order chi connectivity index (χ1) is 9.92. The maximum atomic E-state index is 4.31. The number of benzene rings is 1. The minimum absolute atomic E-state index is 1.10. The second-order valence-electron chi connectivity index (χ2n) is 5.48. The van der Waals surface area contributed by atoms with Crippen LogP contribution < -0.4 is 0 Å². The molecule has 0 atom stereocenters. The van der Waals surface area contributed by atoms with Gasteiger partial charge in [0.2, 0.25) is 0 Å². The quantitative estimate of drug-likeness (QED) is 0.563. The fraction of sp³-hybridized carbons (Fsp3) is 0.389. The van der Waals surface area contributed by atoms with Crippen LogP contribution in [0.5, 0.6) is 0 Å². The van der Waals surface area contributed by atoms with Crippen LogP contribution in [0.3, 0.4) is 0 Å². The molecule has 2 nitrogen and oxygen atoms in total. The van der Waals surface area contributed by atoms with Gasteiger partial charge in [-0.15, -0.1) is 0 Å². The number of pyridine rings is 1. The van der Waals surface area contributed by atoms with Crippen molar-refractivity contribution in [2.45, 2.75) is 45.6 Å². The van der Waals surface area contributed by atoms with E-state index in [0.29, 0.717) is 0 Å². The van der Waals surface area contributed by atoms with Crippen molar-refractivity contribution in [2.75, 3.05) is 0 Å². The van der Waals surface area contributed by atoms with E-state index in [1.165, 1.54) is 53.9 Å². The molecule has 0 fully saturated rings. The Morgan fingerprint density at radius 3 is 2.60 bits per heavy atom. The average molecular weight is 266 g/mol. The standard InChI is InChI=1S/C18H22N2/c1-2-3-4-5-8-13-20-17-10-7-6-9-15(17)16-11-12-19-14-18(16)20/h6-7,9-12,14H,2-5,8,13H2,1H3. The molecule has 20 heavy (non-hydrogen) atoms. The van der Waals surface area contributed by atoms with Crippen LogP contribution in [0.2, 0.25) is 0 Å². The van der Waals surface area contributed by atoms with Crippen molar-refractivity contribution in [1.82, 2.24) is 9.55 Å². The lowest BCUT2D eigenvalue weighted by Gasteiger charge is -2.07. The first kappa shape index (κ1) is 13.2. The zero-order chi connectivity index (χ0) is 13.8. The van der Waals surface area contributed by atoms with Crippen LogP contribution in [0, 0.1) is 0 Å². The molecule has 1 aromatic carbocycles. The molecular formula is C18H22N2. The molecule has 0 N–H and O–H groups in total. The predicted molar refractivity (Wildman–Crippen MR) is 86.0 cm³/mol. The number of hydrogen-bond acceptors (Lipinski definition) is 1. The van der Waals surface area contributed by atoms with Gasteiger partial charge in [0.1, 0.15) is 0 Å². The van der Waals surface area contributed by atoms with Crippen molar-refractivity contribution < 1.29 is 0 Å². The van der Waals surface area contributed by atoms with Gasteiger partial charge < -0.3 is 4.57 Å². The van der Waals surface area contributed by atoms with Gasteiger partial charge in [-0.05, 0) is 18.6 Å². The number of para-hydroxylation sites is 1. The molecule has 0 amide bonds. The molecule has 0 aliphatic heterocycles. The zero-order valence-electron chi connectivity index (χ0n) is 12.2. The van der Waals surface area contributed by atoms with Crippen LogP contribution in [-0.2, 0) is 6.54 Å². The fourth-order valence-electron chi connectivity index (χ4n) is 3.01. The van der Waals surface area contributed by atoms with E-state index < -0.39 is 0 Å². The molecule has 0 saturated carbocycles. The normalized spacial score (nSPS) is 11.4. The van der Waals surface area contributed by atoms with E-state index in [1.807, 2.05) is 12.4 Å². The van der Waals surface area contributed by atoms with Gasteiger partial charge >= 0.3 is 0 Å². The molecule has 0 saturated heterocycles. The number of aryl methyl sites for hydroxylation is 1. The Kier molecular flexibility index (Phi) is 4.00. The molecule has 0 aliphatic rings. The van der Waals surface area contributed by atoms with E-state index in [9.17, 15) is 0 Å². The van der Waals surface area contributed by atoms with Crippen molar-refractivity contribution >= 4 is 21.8 Å². The third-order valence-corrected chi connectivity index (χ3v) is 4.06. The Hall–Kier alpha value is -1.83. The highest BCUT2D eigenvalue weighted by Gasteiger charge is 2.09. The van der Waals surface area contributed by atoms with Crippen molar-refractivity contribution in [3.05, 3.63) is 42.7 Å². The van der Waals surface area contributed by atoms with Gasteiger partial charge in [0, 0.05) is 29.0 Å². The van der Waals surface area contributed by atoms with E-state index in [1.54, 1.807) is 0 Å². The van der Waals surface area contributed by atoms with E-state index in [0.717, 1.165) is 6.54 Å². The summed E-state index contributed by atoms with van der Waals surface area (Å²) in [5.74, 6) is 0. The van der Waals surface area contributed by atoms with Crippen LogP contribution in [0.25, 0.3) is 21.8 Å². The summed E-state index contributed by atoms with van der Waals surface area (Å²) >= 11 is 0. The summed E-state index contributed by atoms with van der Waals surface area (Å²) in [4.78, 5) is 4.31. The molecule has 3 aromatic rings. The number of unbranched alkanes of at least 4 members (excludes halogenated alkanes) is 4. The number of aromatic nitrogens is 2. The second kappa shape index (κ2) is 6.08. The molecular weight excluding hydrogens is 244 g/mol. The lowest BCUT2D eigenvalue weighted by atomic mass is 10.1. The molecule has 104 valence electrons. The lowest BCUT2D eigenvalue weighted by Crippen LogP contribution is -1.97. The van der Waals surface area contributed by atoms with Crippen molar-refractivity contribution in [3.8, 4) is 0 Å². The Bertz CT molecular complexity index is 644. The Labute approximate surface area is 120 Å². The minimum atomic E-state index is 1.10. The molecule has 0 radical (unpaired) electrons. The van der Waals surface area contributed by atoms with Crippen LogP contribution in [0.4, 0.5) is 0 Å². The van der Waals surface area contributed by atoms with Crippen molar-refractivity contribution in [1.29, 1.82) is 0 Å². The van der Waals surface area contributed by atoms with Gasteiger partial charge in [0.05, 0.1) is 11.7 Å². The highest BCUT2D eigenvalue weighted by Crippen LogP contribution is 2.28. The van der Waals surface area contributed by atoms with Crippen molar-refractivity contribution in [3.63, 3.8) is 0 Å². The number of nitrogens with zero attached hydrogens (tertiary/aromatic N) is 2. The Morgan fingerprint density at radius 1 is 0.900 bits per heavy atom. The van der Waals surface area contributed by atoms with Crippen LogP contribution in [-0.4, -0.2) is 9.55 Å². The van der Waals surface area contributed by atoms with E-state index in [4.69, 9.17) is 0 Å². The first-order valence-corrected chi connectivity index (χ1v) is 7.72. The molecule has 0 spiro atoms. The summed E-state index contributed by atoms with van der Waals surface area (Å²) in [6, 6.07) is 10.8. The average Bonchev–Trinajstić information content (AvgIpc) is 2.82. The van der Waals surface area contributed by atoms with Gasteiger partial charge in [-0.3, -0.25) is 4.98 Å². The van der Waals surface area contributed by atoms with E-state index in [2.05, 4.69) is 46.8 Å². The third kappa shape index (κ3) is 2.43. The van der Waals surface area contributed by atoms with Gasteiger partial charge in [-0.25, -0.2) is 0 Å². The minimum Gasteiger partial charge on any atom is -0.339 e. The number of rotatable bonds is 6. The predicted octanol–water partition coefficient (Wildman–Crippen LogP) is 5.16. The summed E-state index contributed by atoms with van der Waals surface area (Å²) in [7, 11) is 0. The summed E-state index contributed by atoms with van der Waals surface area (Å²) in [5, 5.41) is 2.67. The van der Waals surface area contributed by atoms with Crippen LogP contribution in [0.15, 0.2) is 42.7 Å². The maximum absolute atomic E-state index is 4.31. The Balaban J connectivity index is 1.91. The van der Waals surface area contributed by atoms with Gasteiger partial charge in [-0.2, -0.15) is 0 Å². The zero-order valence-corrected chi connectivity index (χ0v) is 12.2. The SMILES string of the molecule is CCCCCCCn1c2ccccc2c2ccncc21. The largest absolute Gasteiger partial charge is 0.339 e. The lowest BCUT2D eigenvalue weighted by molar-refractivity contribution is 0.584. The maximum Gasteiger partial charge on any atom is 0.0677 e.